The topological polar surface area (TPSA) is 32.8 Å². The van der Waals surface area contributed by atoms with Crippen LogP contribution in [0.4, 0.5) is 0 Å². The van der Waals surface area contributed by atoms with E-state index in [0.717, 1.165) is 25.7 Å². The summed E-state index contributed by atoms with van der Waals surface area (Å²) in [7, 11) is 3.68. The van der Waals surface area contributed by atoms with Gasteiger partial charge in [0, 0.05) is 32.2 Å². The molecule has 0 radical (unpaired) electrons. The maximum Gasteiger partial charge on any atom is 0.308 e. The summed E-state index contributed by atoms with van der Waals surface area (Å²) in [5.74, 6) is 0.144. The molecule has 0 N–H and O–H groups in total. The zero-order chi connectivity index (χ0) is 12.3. The molecule has 17 heavy (non-hydrogen) atoms. The Morgan fingerprint density at radius 3 is 2.18 bits per heavy atom. The van der Waals surface area contributed by atoms with Crippen LogP contribution in [-0.4, -0.2) is 62.1 Å². The molecule has 1 saturated heterocycles. The van der Waals surface area contributed by atoms with Crippen LogP contribution in [0, 0.1) is 5.92 Å². The van der Waals surface area contributed by atoms with Gasteiger partial charge in [-0.25, -0.2) is 0 Å². The number of piperazine rings is 1. The molecule has 0 spiro atoms. The summed E-state index contributed by atoms with van der Waals surface area (Å²) < 4.78 is 4.83. The fourth-order valence-electron chi connectivity index (χ4n) is 3.03. The van der Waals surface area contributed by atoms with Gasteiger partial charge >= 0.3 is 5.97 Å². The lowest BCUT2D eigenvalue weighted by Crippen LogP contribution is -2.50. The van der Waals surface area contributed by atoms with E-state index in [4.69, 9.17) is 4.74 Å². The quantitative estimate of drug-likeness (QED) is 0.673. The second-order valence-electron chi connectivity index (χ2n) is 5.37. The smallest absolute Gasteiger partial charge is 0.308 e. The Bertz CT molecular complexity index is 254. The summed E-state index contributed by atoms with van der Waals surface area (Å²) in [6, 6.07) is 0.699. The maximum absolute atomic E-state index is 11.5. The number of carbonyl (C=O) groups is 1. The van der Waals surface area contributed by atoms with E-state index >= 15 is 0 Å². The van der Waals surface area contributed by atoms with Crippen molar-refractivity contribution < 1.29 is 9.53 Å². The van der Waals surface area contributed by atoms with Gasteiger partial charge in [0.05, 0.1) is 13.0 Å². The van der Waals surface area contributed by atoms with Crippen LogP contribution in [0.25, 0.3) is 0 Å². The van der Waals surface area contributed by atoms with Gasteiger partial charge in [0.2, 0.25) is 0 Å². The Labute approximate surface area is 104 Å². The Morgan fingerprint density at radius 1 is 1.06 bits per heavy atom. The van der Waals surface area contributed by atoms with Crippen LogP contribution < -0.4 is 0 Å². The molecule has 1 saturated carbocycles. The van der Waals surface area contributed by atoms with E-state index in [2.05, 4.69) is 16.8 Å². The van der Waals surface area contributed by atoms with Crippen molar-refractivity contribution in [3.05, 3.63) is 0 Å². The molecule has 2 rings (SSSR count). The van der Waals surface area contributed by atoms with Crippen molar-refractivity contribution in [2.45, 2.75) is 31.7 Å². The molecule has 0 aromatic heterocycles. The third-order valence-electron chi connectivity index (χ3n) is 4.29. The molecule has 0 aromatic carbocycles. The van der Waals surface area contributed by atoms with E-state index in [0.29, 0.717) is 6.04 Å². The highest BCUT2D eigenvalue weighted by atomic mass is 16.5. The minimum absolute atomic E-state index is 0.0122. The molecule has 4 heteroatoms. The van der Waals surface area contributed by atoms with E-state index in [9.17, 15) is 4.79 Å². The summed E-state index contributed by atoms with van der Waals surface area (Å²) in [5.41, 5.74) is 0. The number of esters is 1. The fraction of sp³-hybridized carbons (Fsp3) is 0.923. The van der Waals surface area contributed by atoms with E-state index < -0.39 is 0 Å². The van der Waals surface area contributed by atoms with E-state index in [1.807, 2.05) is 0 Å². The van der Waals surface area contributed by atoms with Gasteiger partial charge in [0.1, 0.15) is 0 Å². The fourth-order valence-corrected chi connectivity index (χ4v) is 3.03. The average molecular weight is 240 g/mol. The van der Waals surface area contributed by atoms with Crippen molar-refractivity contribution in [1.82, 2.24) is 9.80 Å². The number of rotatable bonds is 2. The molecule has 1 aliphatic carbocycles. The van der Waals surface area contributed by atoms with Crippen molar-refractivity contribution in [3.63, 3.8) is 0 Å². The van der Waals surface area contributed by atoms with E-state index in [1.54, 1.807) is 0 Å². The first kappa shape index (κ1) is 12.8. The molecular formula is C13H24N2O2. The molecule has 0 amide bonds. The van der Waals surface area contributed by atoms with E-state index in [-0.39, 0.29) is 11.9 Å². The molecule has 1 aliphatic heterocycles. The molecular weight excluding hydrogens is 216 g/mol. The lowest BCUT2D eigenvalue weighted by Gasteiger charge is -2.40. The standard InChI is InChI=1S/C13H24N2O2/c1-14-7-9-15(10-8-14)12-5-3-11(4-6-12)13(16)17-2/h11-12H,3-10H2,1-2H3. The largest absolute Gasteiger partial charge is 0.469 e. The monoisotopic (exact) mass is 240 g/mol. The lowest BCUT2D eigenvalue weighted by molar-refractivity contribution is -0.147. The summed E-state index contributed by atoms with van der Waals surface area (Å²) >= 11 is 0. The molecule has 1 heterocycles. The van der Waals surface area contributed by atoms with Gasteiger partial charge in [-0.2, -0.15) is 0 Å². The predicted octanol–water partition coefficient (Wildman–Crippen LogP) is 0.966. The molecule has 4 nitrogen and oxygen atoms in total. The van der Waals surface area contributed by atoms with Crippen molar-refractivity contribution in [2.24, 2.45) is 5.92 Å². The Morgan fingerprint density at radius 2 is 1.65 bits per heavy atom. The van der Waals surface area contributed by atoms with Crippen LogP contribution in [0.1, 0.15) is 25.7 Å². The normalized spacial score (nSPS) is 32.4. The third-order valence-corrected chi connectivity index (χ3v) is 4.29. The summed E-state index contributed by atoms with van der Waals surface area (Å²) in [4.78, 5) is 16.4. The zero-order valence-electron chi connectivity index (χ0n) is 11.0. The van der Waals surface area contributed by atoms with Crippen molar-refractivity contribution in [3.8, 4) is 0 Å². The first-order valence-electron chi connectivity index (χ1n) is 6.71. The second kappa shape index (κ2) is 5.83. The second-order valence-corrected chi connectivity index (χ2v) is 5.37. The van der Waals surface area contributed by atoms with Gasteiger partial charge in [-0.3, -0.25) is 9.69 Å². The van der Waals surface area contributed by atoms with Crippen molar-refractivity contribution >= 4 is 5.97 Å². The molecule has 0 bridgehead atoms. The van der Waals surface area contributed by atoms with Crippen LogP contribution in [0.5, 0.6) is 0 Å². The molecule has 98 valence electrons. The predicted molar refractivity (Wildman–Crippen MR) is 66.8 cm³/mol. The molecule has 2 aliphatic rings. The van der Waals surface area contributed by atoms with E-state index in [1.165, 1.54) is 33.3 Å². The van der Waals surface area contributed by atoms with Gasteiger partial charge in [-0.1, -0.05) is 0 Å². The maximum atomic E-state index is 11.5. The van der Waals surface area contributed by atoms with Gasteiger partial charge in [0.25, 0.3) is 0 Å². The number of ether oxygens (including phenoxy) is 1. The first-order valence-corrected chi connectivity index (χ1v) is 6.71. The summed E-state index contributed by atoms with van der Waals surface area (Å²) in [6.07, 6.45) is 4.32. The molecule has 0 atom stereocenters. The van der Waals surface area contributed by atoms with Crippen LogP contribution in [0.15, 0.2) is 0 Å². The number of carbonyl (C=O) groups excluding carboxylic acids is 1. The highest BCUT2D eigenvalue weighted by Gasteiger charge is 2.30. The minimum Gasteiger partial charge on any atom is -0.469 e. The summed E-state index contributed by atoms with van der Waals surface area (Å²) in [6.45, 7) is 4.72. The highest BCUT2D eigenvalue weighted by Crippen LogP contribution is 2.28. The van der Waals surface area contributed by atoms with Crippen LogP contribution >= 0.6 is 0 Å². The molecule has 0 unspecified atom stereocenters. The Balaban J connectivity index is 1.77. The van der Waals surface area contributed by atoms with Crippen LogP contribution in [0.2, 0.25) is 0 Å². The number of hydrogen-bond acceptors (Lipinski definition) is 4. The SMILES string of the molecule is COC(=O)C1CCC(N2CCN(C)CC2)CC1. The Kier molecular flexibility index (Phi) is 4.40. The number of nitrogens with zero attached hydrogens (tertiary/aromatic N) is 2. The van der Waals surface area contributed by atoms with Crippen LogP contribution in [0.3, 0.4) is 0 Å². The lowest BCUT2D eigenvalue weighted by atomic mass is 9.85. The molecule has 2 fully saturated rings. The number of methoxy groups -OCH3 is 1. The van der Waals surface area contributed by atoms with Gasteiger partial charge in [-0.15, -0.1) is 0 Å². The van der Waals surface area contributed by atoms with Crippen molar-refractivity contribution in [1.29, 1.82) is 0 Å². The third kappa shape index (κ3) is 3.19. The first-order chi connectivity index (χ1) is 8.20. The van der Waals surface area contributed by atoms with Gasteiger partial charge in [0.15, 0.2) is 0 Å². The summed E-state index contributed by atoms with van der Waals surface area (Å²) in [5, 5.41) is 0. The number of hydrogen-bond donors (Lipinski definition) is 0. The van der Waals surface area contributed by atoms with Gasteiger partial charge in [-0.05, 0) is 32.7 Å². The minimum atomic E-state index is -0.0122. The molecule has 0 aromatic rings. The van der Waals surface area contributed by atoms with Crippen molar-refractivity contribution in [2.75, 3.05) is 40.3 Å². The Hall–Kier alpha value is -0.610. The van der Waals surface area contributed by atoms with Crippen LogP contribution in [-0.2, 0) is 9.53 Å². The highest BCUT2D eigenvalue weighted by molar-refractivity contribution is 5.72. The number of likely N-dealkylation sites (N-methyl/N-ethyl adjacent to an activating group) is 1. The van der Waals surface area contributed by atoms with Gasteiger partial charge < -0.3 is 9.64 Å². The zero-order valence-corrected chi connectivity index (χ0v) is 11.0. The average Bonchev–Trinajstić information content (AvgIpc) is 2.39.